The molecule has 0 aliphatic heterocycles. The number of carboxylic acids is 1. The van der Waals surface area contributed by atoms with Crippen LogP contribution in [0, 0.1) is 0 Å². The quantitative estimate of drug-likeness (QED) is 0.760. The second-order valence-electron chi connectivity index (χ2n) is 4.24. The van der Waals surface area contributed by atoms with Crippen molar-refractivity contribution >= 4 is 43.5 Å². The van der Waals surface area contributed by atoms with Gasteiger partial charge < -0.3 is 9.84 Å². The smallest absolute Gasteiger partial charge is 0.303 e. The van der Waals surface area contributed by atoms with Gasteiger partial charge in [0.25, 0.3) is 0 Å². The van der Waals surface area contributed by atoms with Crippen LogP contribution in [-0.4, -0.2) is 44.5 Å². The Morgan fingerprint density at radius 1 is 1.48 bits per heavy atom. The van der Waals surface area contributed by atoms with Gasteiger partial charge in [-0.2, -0.15) is 0 Å². The van der Waals surface area contributed by atoms with Gasteiger partial charge >= 0.3 is 5.97 Å². The molecular weight excluding hydrogens is 386 g/mol. The van der Waals surface area contributed by atoms with Crippen LogP contribution >= 0.6 is 27.5 Å². The van der Waals surface area contributed by atoms with Crippen molar-refractivity contribution in [3.63, 3.8) is 0 Å². The zero-order chi connectivity index (χ0) is 16.2. The van der Waals surface area contributed by atoms with E-state index >= 15 is 0 Å². The zero-order valence-corrected chi connectivity index (χ0v) is 14.6. The second kappa shape index (κ2) is 7.44. The molecule has 0 bridgehead atoms. The Kier molecular flexibility index (Phi) is 6.45. The minimum Gasteiger partial charge on any atom is -0.494 e. The van der Waals surface area contributed by atoms with E-state index in [1.165, 1.54) is 26.3 Å². The highest BCUT2D eigenvalue weighted by Crippen LogP contribution is 2.36. The topological polar surface area (TPSA) is 83.9 Å². The van der Waals surface area contributed by atoms with Crippen LogP contribution in [0.25, 0.3) is 0 Å². The Balaban J connectivity index is 3.10. The fourth-order valence-corrected chi connectivity index (χ4v) is 4.24. The molecule has 0 unspecified atom stereocenters. The highest BCUT2D eigenvalue weighted by molar-refractivity contribution is 9.10. The number of hydrogen-bond donors (Lipinski definition) is 1. The van der Waals surface area contributed by atoms with Gasteiger partial charge in [-0.25, -0.2) is 12.7 Å². The summed E-state index contributed by atoms with van der Waals surface area (Å²) < 4.78 is 31.6. The van der Waals surface area contributed by atoms with Crippen LogP contribution in [0.4, 0.5) is 0 Å². The normalized spacial score (nSPS) is 11.7. The fourth-order valence-electron chi connectivity index (χ4n) is 1.67. The molecule has 0 amide bonds. The Bertz CT molecular complexity index is 635. The van der Waals surface area contributed by atoms with Crippen molar-refractivity contribution < 1.29 is 23.1 Å². The lowest BCUT2D eigenvalue weighted by molar-refractivity contribution is -0.137. The van der Waals surface area contributed by atoms with Gasteiger partial charge in [-0.05, 0) is 34.5 Å². The van der Waals surface area contributed by atoms with E-state index in [2.05, 4.69) is 15.9 Å². The molecule has 21 heavy (non-hydrogen) atoms. The third kappa shape index (κ3) is 4.57. The minimum atomic E-state index is -3.82. The molecule has 6 nitrogen and oxygen atoms in total. The van der Waals surface area contributed by atoms with Gasteiger partial charge in [-0.15, -0.1) is 0 Å². The number of hydrogen-bond acceptors (Lipinski definition) is 4. The maximum absolute atomic E-state index is 12.5. The molecule has 0 fully saturated rings. The van der Waals surface area contributed by atoms with E-state index < -0.39 is 16.0 Å². The average molecular weight is 401 g/mol. The maximum atomic E-state index is 12.5. The first-order chi connectivity index (χ1) is 9.70. The summed E-state index contributed by atoms with van der Waals surface area (Å²) in [5.41, 5.74) is 0. The first-order valence-electron chi connectivity index (χ1n) is 5.91. The van der Waals surface area contributed by atoms with E-state index in [1.807, 2.05) is 0 Å². The van der Waals surface area contributed by atoms with Crippen LogP contribution in [-0.2, 0) is 14.8 Å². The Morgan fingerprint density at radius 3 is 2.62 bits per heavy atom. The van der Waals surface area contributed by atoms with Crippen LogP contribution in [0.5, 0.6) is 5.75 Å². The fraction of sp³-hybridized carbons (Fsp3) is 0.417. The van der Waals surface area contributed by atoms with Crippen molar-refractivity contribution in [3.8, 4) is 5.75 Å². The van der Waals surface area contributed by atoms with E-state index in [1.54, 1.807) is 0 Å². The van der Waals surface area contributed by atoms with Crippen LogP contribution in [0.1, 0.15) is 12.8 Å². The highest BCUT2D eigenvalue weighted by Gasteiger charge is 2.26. The number of sulfonamides is 1. The number of rotatable bonds is 7. The standard InChI is InChI=1S/C12H15BrClNO5S/c1-15(5-3-4-11(16)17)21(18,19)10-7-8(14)6-9(13)12(10)20-2/h6-7H,3-5H2,1-2H3,(H,16,17). The maximum Gasteiger partial charge on any atom is 0.303 e. The van der Waals surface area contributed by atoms with Crippen LogP contribution in [0.15, 0.2) is 21.5 Å². The zero-order valence-electron chi connectivity index (χ0n) is 11.5. The van der Waals surface area contributed by atoms with Crippen LogP contribution < -0.4 is 4.74 Å². The number of nitrogens with zero attached hydrogens (tertiary/aromatic N) is 1. The number of halogens is 2. The summed E-state index contributed by atoms with van der Waals surface area (Å²) in [6.07, 6.45) is 0.116. The summed E-state index contributed by atoms with van der Waals surface area (Å²) >= 11 is 9.09. The Morgan fingerprint density at radius 2 is 2.10 bits per heavy atom. The first kappa shape index (κ1) is 18.2. The summed E-state index contributed by atoms with van der Waals surface area (Å²) in [6, 6.07) is 2.83. The molecule has 1 aromatic rings. The molecule has 0 aromatic heterocycles. The minimum absolute atomic E-state index is 0.0674. The van der Waals surface area contributed by atoms with Gasteiger partial charge in [0.05, 0.1) is 11.6 Å². The van der Waals surface area contributed by atoms with E-state index in [9.17, 15) is 13.2 Å². The molecule has 1 N–H and O–H groups in total. The predicted molar refractivity (Wildman–Crippen MR) is 82.4 cm³/mol. The van der Waals surface area contributed by atoms with E-state index in [0.717, 1.165) is 4.31 Å². The van der Waals surface area contributed by atoms with Crippen LogP contribution in [0.3, 0.4) is 0 Å². The largest absolute Gasteiger partial charge is 0.494 e. The van der Waals surface area contributed by atoms with Gasteiger partial charge in [0.2, 0.25) is 10.0 Å². The third-order valence-corrected chi connectivity index (χ3v) is 5.40. The Labute approximate surface area is 136 Å². The third-order valence-electron chi connectivity index (χ3n) is 2.73. The number of aliphatic carboxylic acids is 1. The predicted octanol–water partition coefficient (Wildman–Crippen LogP) is 2.60. The van der Waals surface area contributed by atoms with Gasteiger partial charge in [-0.3, -0.25) is 4.79 Å². The molecule has 0 aliphatic carbocycles. The molecule has 0 atom stereocenters. The summed E-state index contributed by atoms with van der Waals surface area (Å²) in [5.74, 6) is -0.812. The summed E-state index contributed by atoms with van der Waals surface area (Å²) in [5, 5.41) is 8.84. The number of ether oxygens (including phenoxy) is 1. The monoisotopic (exact) mass is 399 g/mol. The summed E-state index contributed by atoms with van der Waals surface area (Å²) in [7, 11) is -1.08. The lowest BCUT2D eigenvalue weighted by atomic mass is 10.3. The molecular formula is C12H15BrClNO5S. The van der Waals surface area contributed by atoms with E-state index in [-0.39, 0.29) is 35.1 Å². The second-order valence-corrected chi connectivity index (χ2v) is 7.55. The molecule has 0 aliphatic rings. The van der Waals surface area contributed by atoms with Gasteiger partial charge in [0, 0.05) is 25.0 Å². The van der Waals surface area contributed by atoms with Crippen molar-refractivity contribution in [2.24, 2.45) is 0 Å². The summed E-state index contributed by atoms with van der Waals surface area (Å²) in [4.78, 5) is 10.4. The average Bonchev–Trinajstić information content (AvgIpc) is 2.37. The molecule has 1 rings (SSSR count). The highest BCUT2D eigenvalue weighted by atomic mass is 79.9. The first-order valence-corrected chi connectivity index (χ1v) is 8.52. The molecule has 0 radical (unpaired) electrons. The van der Waals surface area contributed by atoms with E-state index in [0.29, 0.717) is 4.47 Å². The molecule has 9 heteroatoms. The number of benzene rings is 1. The molecule has 0 saturated heterocycles. The van der Waals surface area contributed by atoms with Crippen molar-refractivity contribution in [3.05, 3.63) is 21.6 Å². The SMILES string of the molecule is COc1c(Br)cc(Cl)cc1S(=O)(=O)N(C)CCCC(=O)O. The van der Waals surface area contributed by atoms with Crippen molar-refractivity contribution in [2.45, 2.75) is 17.7 Å². The molecule has 0 spiro atoms. The lowest BCUT2D eigenvalue weighted by Crippen LogP contribution is -2.28. The van der Waals surface area contributed by atoms with Crippen LogP contribution in [0.2, 0.25) is 5.02 Å². The molecule has 0 saturated carbocycles. The van der Waals surface area contributed by atoms with E-state index in [4.69, 9.17) is 21.4 Å². The van der Waals surface area contributed by atoms with Gasteiger partial charge in [-0.1, -0.05) is 11.6 Å². The van der Waals surface area contributed by atoms with Crippen molar-refractivity contribution in [2.75, 3.05) is 20.7 Å². The molecule has 0 heterocycles. The lowest BCUT2D eigenvalue weighted by Gasteiger charge is -2.19. The Hall–Kier alpha value is -0.830. The number of carbonyl (C=O) groups is 1. The number of carboxylic acid groups (broad SMARTS) is 1. The molecule has 1 aromatic carbocycles. The number of methoxy groups -OCH3 is 1. The van der Waals surface area contributed by atoms with Crippen molar-refractivity contribution in [1.29, 1.82) is 0 Å². The molecule has 118 valence electrons. The van der Waals surface area contributed by atoms with Gasteiger partial charge in [0.1, 0.15) is 4.90 Å². The van der Waals surface area contributed by atoms with Crippen molar-refractivity contribution in [1.82, 2.24) is 4.31 Å². The summed E-state index contributed by atoms with van der Waals surface area (Å²) in [6.45, 7) is 0.0852. The van der Waals surface area contributed by atoms with Gasteiger partial charge in [0.15, 0.2) is 5.75 Å².